The lowest BCUT2D eigenvalue weighted by atomic mass is 10.0. The van der Waals surface area contributed by atoms with Crippen molar-refractivity contribution < 1.29 is 35.5 Å². The van der Waals surface area contributed by atoms with Gasteiger partial charge in [-0.05, 0) is 48.0 Å². The van der Waals surface area contributed by atoms with Gasteiger partial charge in [0.2, 0.25) is 0 Å². The molecule has 0 bridgehead atoms. The van der Waals surface area contributed by atoms with Crippen LogP contribution in [-0.4, -0.2) is 23.5 Å². The number of rotatable bonds is 6. The van der Waals surface area contributed by atoms with Gasteiger partial charge in [-0.15, -0.1) is 0 Å². The average molecular weight is 530 g/mol. The van der Waals surface area contributed by atoms with Gasteiger partial charge in [0.25, 0.3) is 5.91 Å². The zero-order chi connectivity index (χ0) is 26.7. The maximum atomic E-state index is 13.5. The van der Waals surface area contributed by atoms with Crippen molar-refractivity contribution in [3.63, 3.8) is 0 Å². The van der Waals surface area contributed by atoms with Crippen LogP contribution in [-0.2, 0) is 6.18 Å². The van der Waals surface area contributed by atoms with Gasteiger partial charge in [0.1, 0.15) is 11.5 Å². The summed E-state index contributed by atoms with van der Waals surface area (Å²) in [6.45, 7) is 0. The number of nitrogens with one attached hydrogen (secondary N) is 2. The Labute approximate surface area is 204 Å². The molecule has 3 rings (SSSR count). The van der Waals surface area contributed by atoms with E-state index in [9.17, 15) is 35.5 Å². The summed E-state index contributed by atoms with van der Waals surface area (Å²) in [6, 6.07) is 13.1. The quantitative estimate of drug-likeness (QED) is 0.248. The number of aliphatic imine (C=N–C) groups is 1. The van der Waals surface area contributed by atoms with Crippen LogP contribution in [0.15, 0.2) is 71.7 Å². The van der Waals surface area contributed by atoms with E-state index in [1.807, 2.05) is 0 Å². The van der Waals surface area contributed by atoms with Gasteiger partial charge in [-0.3, -0.25) is 9.79 Å². The van der Waals surface area contributed by atoms with Crippen LogP contribution in [0.5, 0.6) is 0 Å². The molecule has 0 fully saturated rings. The van der Waals surface area contributed by atoms with Gasteiger partial charge in [0.15, 0.2) is 0 Å². The number of alkyl halides is 6. The van der Waals surface area contributed by atoms with E-state index >= 15 is 0 Å². The van der Waals surface area contributed by atoms with Crippen LogP contribution in [0.3, 0.4) is 0 Å². The topological polar surface area (TPSA) is 65.3 Å². The van der Waals surface area contributed by atoms with Crippen molar-refractivity contribution in [2.45, 2.75) is 18.8 Å². The Morgan fingerprint density at radius 3 is 2.11 bits per heavy atom. The molecule has 0 aliphatic heterocycles. The van der Waals surface area contributed by atoms with E-state index in [2.05, 4.69) is 10.3 Å². The molecule has 188 valence electrons. The molecular formula is C24H15ClF7N3O. The number of carbonyl (C=O) groups excluding carboxylic acids is 1. The van der Waals surface area contributed by atoms with E-state index in [0.29, 0.717) is 12.1 Å². The molecule has 0 radical (unpaired) electrons. The Balaban J connectivity index is 1.88. The normalized spacial score (nSPS) is 12.4. The van der Waals surface area contributed by atoms with Crippen LogP contribution in [0.4, 0.5) is 42.1 Å². The third-order valence-corrected chi connectivity index (χ3v) is 5.12. The van der Waals surface area contributed by atoms with Gasteiger partial charge < -0.3 is 10.7 Å². The highest BCUT2D eigenvalue weighted by Crippen LogP contribution is 2.33. The largest absolute Gasteiger partial charge is 0.429 e. The summed E-state index contributed by atoms with van der Waals surface area (Å²) >= 11 is 6.05. The summed E-state index contributed by atoms with van der Waals surface area (Å²) in [7, 11) is 0. The molecule has 36 heavy (non-hydrogen) atoms. The number of halogens is 8. The maximum Gasteiger partial charge on any atom is 0.429 e. The number of hydrogen-bond acceptors (Lipinski definition) is 3. The minimum atomic E-state index is -4.96. The molecule has 4 nitrogen and oxygen atoms in total. The molecule has 12 heteroatoms. The Morgan fingerprint density at radius 1 is 0.917 bits per heavy atom. The zero-order valence-corrected chi connectivity index (χ0v) is 18.7. The Kier molecular flexibility index (Phi) is 7.83. The number of benzene rings is 3. The van der Waals surface area contributed by atoms with Gasteiger partial charge >= 0.3 is 12.4 Å². The highest BCUT2D eigenvalue weighted by Gasteiger charge is 2.35. The molecule has 0 aliphatic rings. The van der Waals surface area contributed by atoms with Crippen LogP contribution in [0.1, 0.15) is 27.9 Å². The predicted molar refractivity (Wildman–Crippen MR) is 122 cm³/mol. The van der Waals surface area contributed by atoms with E-state index in [1.165, 1.54) is 36.4 Å². The second kappa shape index (κ2) is 10.5. The first-order valence-electron chi connectivity index (χ1n) is 10.0. The summed E-state index contributed by atoms with van der Waals surface area (Å²) < 4.78 is 91.1. The van der Waals surface area contributed by atoms with Crippen LogP contribution >= 0.6 is 11.6 Å². The highest BCUT2D eigenvalue weighted by atomic mass is 35.5. The molecule has 0 unspecified atom stereocenters. The second-order valence-electron chi connectivity index (χ2n) is 7.39. The molecule has 1 amide bonds. The molecule has 3 aromatic carbocycles. The minimum absolute atomic E-state index is 0.0420. The van der Waals surface area contributed by atoms with Gasteiger partial charge in [-0.2, -0.15) is 26.3 Å². The van der Waals surface area contributed by atoms with E-state index in [-0.39, 0.29) is 33.2 Å². The number of amides is 1. The Bertz CT molecular complexity index is 1320. The molecular weight excluding hydrogens is 515 g/mol. The fourth-order valence-electron chi connectivity index (χ4n) is 3.00. The van der Waals surface area contributed by atoms with Crippen LogP contribution in [0.2, 0.25) is 5.02 Å². The molecule has 0 saturated heterocycles. The van der Waals surface area contributed by atoms with Crippen molar-refractivity contribution in [3.05, 3.63) is 94.3 Å². The van der Waals surface area contributed by atoms with E-state index in [0.717, 1.165) is 6.07 Å². The Hall–Kier alpha value is -3.73. The second-order valence-corrected chi connectivity index (χ2v) is 7.79. The van der Waals surface area contributed by atoms with E-state index in [1.54, 1.807) is 12.1 Å². The number of anilines is 1. The molecule has 0 aliphatic carbocycles. The predicted octanol–water partition coefficient (Wildman–Crippen LogP) is 7.84. The van der Waals surface area contributed by atoms with Crippen molar-refractivity contribution in [2.75, 3.05) is 5.32 Å². The first-order valence-corrected chi connectivity index (χ1v) is 10.4. The molecule has 0 atom stereocenters. The summed E-state index contributed by atoms with van der Waals surface area (Å²) in [5, 5.41) is 9.72. The molecule has 2 N–H and O–H groups in total. The first kappa shape index (κ1) is 26.9. The first-order chi connectivity index (χ1) is 16.8. The lowest BCUT2D eigenvalue weighted by Crippen LogP contribution is -2.25. The Morgan fingerprint density at radius 2 is 1.53 bits per heavy atom. The van der Waals surface area contributed by atoms with Crippen molar-refractivity contribution in [3.8, 4) is 0 Å². The zero-order valence-electron chi connectivity index (χ0n) is 17.9. The smallest absolute Gasteiger partial charge is 0.322 e. The van der Waals surface area contributed by atoms with Crippen molar-refractivity contribution in [1.29, 1.82) is 5.41 Å². The lowest BCUT2D eigenvalue weighted by Gasteiger charge is -2.13. The van der Waals surface area contributed by atoms with Crippen LogP contribution < -0.4 is 5.32 Å². The van der Waals surface area contributed by atoms with Crippen molar-refractivity contribution in [2.24, 2.45) is 4.99 Å². The lowest BCUT2D eigenvalue weighted by molar-refractivity contribution is -0.139. The van der Waals surface area contributed by atoms with Crippen LogP contribution in [0, 0.1) is 11.2 Å². The molecule has 3 aromatic rings. The van der Waals surface area contributed by atoms with Crippen molar-refractivity contribution in [1.82, 2.24) is 0 Å². The average Bonchev–Trinajstić information content (AvgIpc) is 2.80. The van der Waals surface area contributed by atoms with Gasteiger partial charge in [-0.25, -0.2) is 4.39 Å². The standard InChI is InChI=1S/C24H15ClF7N3O/c25-17-3-1-2-4-19(17)35-20(12-21(33)24(30,31)32)13-5-7-14(8-6-13)22(36)34-15-9-10-18(26)16(11-15)23(27,28)29/h1-11,33H,12H2,(H,34,36). The summed E-state index contributed by atoms with van der Waals surface area (Å²) in [6.07, 6.45) is -10.7. The SMILES string of the molecule is N=C(CC(=Nc1ccccc1Cl)c1ccc(C(=O)Nc2ccc(F)c(C(F)(F)F)c2)cc1)C(F)(F)F. The number of para-hydroxylation sites is 1. The third kappa shape index (κ3) is 6.69. The van der Waals surface area contributed by atoms with Crippen LogP contribution in [0.25, 0.3) is 0 Å². The fourth-order valence-corrected chi connectivity index (χ4v) is 3.18. The fraction of sp³-hybridized carbons (Fsp3) is 0.125. The monoisotopic (exact) mass is 529 g/mol. The van der Waals surface area contributed by atoms with Crippen molar-refractivity contribution >= 4 is 40.3 Å². The highest BCUT2D eigenvalue weighted by molar-refractivity contribution is 6.33. The summed E-state index contributed by atoms with van der Waals surface area (Å²) in [4.78, 5) is 16.6. The number of nitrogens with zero attached hydrogens (tertiary/aromatic N) is 1. The van der Waals surface area contributed by atoms with Gasteiger partial charge in [0.05, 0.1) is 22.0 Å². The van der Waals surface area contributed by atoms with Gasteiger partial charge in [-0.1, -0.05) is 35.9 Å². The molecule has 0 spiro atoms. The maximum absolute atomic E-state index is 13.5. The molecule has 0 aromatic heterocycles. The number of carbonyl (C=O) groups is 1. The number of hydrogen-bond donors (Lipinski definition) is 2. The van der Waals surface area contributed by atoms with E-state index in [4.69, 9.17) is 17.0 Å². The van der Waals surface area contributed by atoms with Gasteiger partial charge in [0, 0.05) is 17.7 Å². The molecule has 0 saturated carbocycles. The minimum Gasteiger partial charge on any atom is -0.322 e. The summed E-state index contributed by atoms with van der Waals surface area (Å²) in [5.41, 5.74) is -3.28. The molecule has 0 heterocycles. The summed E-state index contributed by atoms with van der Waals surface area (Å²) in [5.74, 6) is -2.34. The van der Waals surface area contributed by atoms with E-state index < -0.39 is 41.8 Å². The third-order valence-electron chi connectivity index (χ3n) is 4.80.